The standard InChI is InChI=1S/C28H25N/c1-28(2,3)22-12-9-13-23(19-22)29-26-15-8-7-14-24(26)25-17-16-21(18-27(25)29)20-10-5-4-6-11-20/h4-19H,1-3H3. The highest BCUT2D eigenvalue weighted by Crippen LogP contribution is 2.35. The highest BCUT2D eigenvalue weighted by molar-refractivity contribution is 6.10. The van der Waals surface area contributed by atoms with Crippen molar-refractivity contribution in [3.63, 3.8) is 0 Å². The largest absolute Gasteiger partial charge is 0.309 e. The highest BCUT2D eigenvalue weighted by atomic mass is 15.0. The maximum atomic E-state index is 2.41. The van der Waals surface area contributed by atoms with Crippen LogP contribution in [0.3, 0.4) is 0 Å². The van der Waals surface area contributed by atoms with Gasteiger partial charge in [0.2, 0.25) is 0 Å². The molecule has 0 aliphatic rings. The average Bonchev–Trinajstić information content (AvgIpc) is 3.07. The molecule has 4 aromatic carbocycles. The number of para-hydroxylation sites is 1. The number of rotatable bonds is 2. The molecule has 0 fully saturated rings. The van der Waals surface area contributed by atoms with Gasteiger partial charge in [-0.2, -0.15) is 0 Å². The van der Waals surface area contributed by atoms with Gasteiger partial charge in [-0.25, -0.2) is 0 Å². The molecule has 0 radical (unpaired) electrons. The van der Waals surface area contributed by atoms with Crippen LogP contribution in [-0.2, 0) is 5.41 Å². The minimum absolute atomic E-state index is 0.115. The fourth-order valence-corrected chi connectivity index (χ4v) is 4.17. The van der Waals surface area contributed by atoms with Crippen LogP contribution in [0.25, 0.3) is 38.6 Å². The van der Waals surface area contributed by atoms with E-state index in [0.717, 1.165) is 0 Å². The van der Waals surface area contributed by atoms with Gasteiger partial charge in [0.05, 0.1) is 11.0 Å². The van der Waals surface area contributed by atoms with Crippen LogP contribution in [0, 0.1) is 0 Å². The maximum absolute atomic E-state index is 2.41. The lowest BCUT2D eigenvalue weighted by molar-refractivity contribution is 0.590. The van der Waals surface area contributed by atoms with Crippen molar-refractivity contribution in [1.29, 1.82) is 0 Å². The summed E-state index contributed by atoms with van der Waals surface area (Å²) in [5, 5.41) is 2.59. The summed E-state index contributed by atoms with van der Waals surface area (Å²) < 4.78 is 2.41. The first kappa shape index (κ1) is 17.8. The summed E-state index contributed by atoms with van der Waals surface area (Å²) in [4.78, 5) is 0. The van der Waals surface area contributed by atoms with Gasteiger partial charge in [-0.3, -0.25) is 0 Å². The molecule has 0 aliphatic carbocycles. The van der Waals surface area contributed by atoms with E-state index in [1.54, 1.807) is 0 Å². The molecule has 5 rings (SSSR count). The highest BCUT2D eigenvalue weighted by Gasteiger charge is 2.17. The van der Waals surface area contributed by atoms with Crippen LogP contribution >= 0.6 is 0 Å². The molecule has 1 heteroatoms. The first-order chi connectivity index (χ1) is 14.0. The minimum Gasteiger partial charge on any atom is -0.309 e. The summed E-state index contributed by atoms with van der Waals surface area (Å²) >= 11 is 0. The molecule has 5 aromatic rings. The van der Waals surface area contributed by atoms with Crippen LogP contribution in [-0.4, -0.2) is 4.57 Å². The average molecular weight is 376 g/mol. The van der Waals surface area contributed by atoms with Crippen molar-refractivity contribution in [2.75, 3.05) is 0 Å². The topological polar surface area (TPSA) is 4.93 Å². The molecule has 29 heavy (non-hydrogen) atoms. The number of aromatic nitrogens is 1. The molecule has 0 saturated heterocycles. The van der Waals surface area contributed by atoms with Gasteiger partial charge >= 0.3 is 0 Å². The molecule has 0 unspecified atom stereocenters. The van der Waals surface area contributed by atoms with Crippen molar-refractivity contribution in [2.45, 2.75) is 26.2 Å². The van der Waals surface area contributed by atoms with Crippen molar-refractivity contribution in [1.82, 2.24) is 4.57 Å². The summed E-state index contributed by atoms with van der Waals surface area (Å²) in [6.45, 7) is 6.81. The minimum atomic E-state index is 0.115. The van der Waals surface area contributed by atoms with E-state index in [4.69, 9.17) is 0 Å². The van der Waals surface area contributed by atoms with Gasteiger partial charge in [0.25, 0.3) is 0 Å². The Morgan fingerprint density at radius 2 is 1.28 bits per heavy atom. The van der Waals surface area contributed by atoms with Gasteiger partial charge in [-0.05, 0) is 46.4 Å². The fraction of sp³-hybridized carbons (Fsp3) is 0.143. The van der Waals surface area contributed by atoms with E-state index in [1.807, 2.05) is 0 Å². The normalized spacial score (nSPS) is 12.0. The van der Waals surface area contributed by atoms with Gasteiger partial charge in [0.1, 0.15) is 0 Å². The van der Waals surface area contributed by atoms with E-state index in [-0.39, 0.29) is 5.41 Å². The Morgan fingerprint density at radius 3 is 2.07 bits per heavy atom. The Hall–Kier alpha value is -3.32. The molecule has 0 spiro atoms. The molecule has 0 amide bonds. The van der Waals surface area contributed by atoms with Crippen LogP contribution in [0.1, 0.15) is 26.3 Å². The van der Waals surface area contributed by atoms with Gasteiger partial charge in [-0.15, -0.1) is 0 Å². The predicted molar refractivity (Wildman–Crippen MR) is 125 cm³/mol. The van der Waals surface area contributed by atoms with E-state index < -0.39 is 0 Å². The first-order valence-electron chi connectivity index (χ1n) is 10.2. The van der Waals surface area contributed by atoms with Gasteiger partial charge in [0.15, 0.2) is 0 Å². The number of nitrogens with zero attached hydrogens (tertiary/aromatic N) is 1. The molecule has 1 aromatic heterocycles. The van der Waals surface area contributed by atoms with Gasteiger partial charge in [0, 0.05) is 16.5 Å². The van der Waals surface area contributed by atoms with Gasteiger partial charge in [-0.1, -0.05) is 93.6 Å². The Kier molecular flexibility index (Phi) is 4.06. The summed E-state index contributed by atoms with van der Waals surface area (Å²) in [5.41, 5.74) is 7.67. The third-order valence-electron chi connectivity index (χ3n) is 5.75. The van der Waals surface area contributed by atoms with E-state index in [1.165, 1.54) is 44.2 Å². The zero-order valence-corrected chi connectivity index (χ0v) is 17.2. The molecular weight excluding hydrogens is 350 g/mol. The first-order valence-corrected chi connectivity index (χ1v) is 10.2. The van der Waals surface area contributed by atoms with Crippen LogP contribution in [0.2, 0.25) is 0 Å². The van der Waals surface area contributed by atoms with Crippen LogP contribution in [0.4, 0.5) is 0 Å². The number of benzene rings is 4. The molecule has 1 nitrogen and oxygen atoms in total. The second-order valence-corrected chi connectivity index (χ2v) is 8.75. The fourth-order valence-electron chi connectivity index (χ4n) is 4.17. The predicted octanol–water partition coefficient (Wildman–Crippen LogP) is 7.75. The van der Waals surface area contributed by atoms with E-state index in [2.05, 4.69) is 122 Å². The Bertz CT molecular complexity index is 1320. The van der Waals surface area contributed by atoms with Crippen LogP contribution in [0.15, 0.2) is 97.1 Å². The zero-order valence-electron chi connectivity index (χ0n) is 17.2. The van der Waals surface area contributed by atoms with Crippen molar-refractivity contribution < 1.29 is 0 Å². The Labute approximate surface area is 172 Å². The van der Waals surface area contributed by atoms with E-state index in [0.29, 0.717) is 0 Å². The lowest BCUT2D eigenvalue weighted by Crippen LogP contribution is -2.11. The van der Waals surface area contributed by atoms with Crippen LogP contribution < -0.4 is 0 Å². The lowest BCUT2D eigenvalue weighted by Gasteiger charge is -2.20. The Balaban J connectivity index is 1.83. The summed E-state index contributed by atoms with van der Waals surface area (Å²) in [5.74, 6) is 0. The molecule has 0 atom stereocenters. The van der Waals surface area contributed by atoms with Crippen molar-refractivity contribution in [2.24, 2.45) is 0 Å². The van der Waals surface area contributed by atoms with Crippen molar-refractivity contribution in [3.8, 4) is 16.8 Å². The quantitative estimate of drug-likeness (QED) is 0.297. The molecule has 1 heterocycles. The second kappa shape index (κ2) is 6.63. The maximum Gasteiger partial charge on any atom is 0.0547 e. The Morgan fingerprint density at radius 1 is 0.552 bits per heavy atom. The summed E-state index contributed by atoms with van der Waals surface area (Å²) in [7, 11) is 0. The zero-order chi connectivity index (χ0) is 20.0. The third kappa shape index (κ3) is 3.03. The summed E-state index contributed by atoms with van der Waals surface area (Å²) in [6.07, 6.45) is 0. The third-order valence-corrected chi connectivity index (χ3v) is 5.75. The molecule has 0 N–H and O–H groups in total. The molecule has 0 saturated carbocycles. The van der Waals surface area contributed by atoms with Crippen molar-refractivity contribution >= 4 is 21.8 Å². The van der Waals surface area contributed by atoms with E-state index >= 15 is 0 Å². The van der Waals surface area contributed by atoms with Crippen molar-refractivity contribution in [3.05, 3.63) is 103 Å². The number of hydrogen-bond donors (Lipinski definition) is 0. The molecule has 142 valence electrons. The lowest BCUT2D eigenvalue weighted by atomic mass is 9.87. The van der Waals surface area contributed by atoms with Gasteiger partial charge < -0.3 is 4.57 Å². The SMILES string of the molecule is CC(C)(C)c1cccc(-n2c3ccccc3c3ccc(-c4ccccc4)cc32)c1. The smallest absolute Gasteiger partial charge is 0.0547 e. The molecular formula is C28H25N. The number of fused-ring (bicyclic) bond motifs is 3. The summed E-state index contributed by atoms with van der Waals surface area (Å²) in [6, 6.07) is 35.1. The van der Waals surface area contributed by atoms with Crippen LogP contribution in [0.5, 0.6) is 0 Å². The molecule has 0 bridgehead atoms. The second-order valence-electron chi connectivity index (χ2n) is 8.75. The van der Waals surface area contributed by atoms with E-state index in [9.17, 15) is 0 Å². The monoisotopic (exact) mass is 375 g/mol. The number of hydrogen-bond acceptors (Lipinski definition) is 0. The molecule has 0 aliphatic heterocycles.